The number of halogens is 3. The molecule has 1 fully saturated rings. The number of fused-ring (bicyclic) bond motifs is 1. The van der Waals surface area contributed by atoms with Crippen LogP contribution in [-0.4, -0.2) is 102 Å². The molecule has 16 heteroatoms. The second-order valence-electron chi connectivity index (χ2n) is 10.2. The topological polar surface area (TPSA) is 152 Å². The van der Waals surface area contributed by atoms with Gasteiger partial charge in [0.1, 0.15) is 17.8 Å². The lowest BCUT2D eigenvalue weighted by atomic mass is 10.1. The molecule has 4 heterocycles. The monoisotopic (exact) mass is 602 g/mol. The van der Waals surface area contributed by atoms with Gasteiger partial charge in [0, 0.05) is 44.5 Å². The summed E-state index contributed by atoms with van der Waals surface area (Å²) in [7, 11) is 2.07. The van der Waals surface area contributed by atoms with Gasteiger partial charge in [-0.25, -0.2) is 9.42 Å². The molecule has 1 aromatic carbocycles. The van der Waals surface area contributed by atoms with E-state index in [1.807, 2.05) is 0 Å². The molecule has 3 N–H and O–H groups in total. The molecule has 43 heavy (non-hydrogen) atoms. The molecule has 0 aliphatic carbocycles. The molecule has 2 aliphatic heterocycles. The number of amidine groups is 1. The van der Waals surface area contributed by atoms with E-state index >= 15 is 0 Å². The Morgan fingerprint density at radius 3 is 2.47 bits per heavy atom. The molecule has 1 atom stereocenters. The molecule has 2 aliphatic rings. The number of carbonyl (C=O) groups excluding carboxylic acids is 2. The summed E-state index contributed by atoms with van der Waals surface area (Å²) in [5.41, 5.74) is 6.25. The molecule has 0 radical (unpaired) electrons. The SMILES string of the molecule is CC[N+]1(OC(=O)C(F)(F)F)C(c2nonc2N)=Nc2c(-c3ccccc3)ncc(C(=O)NCCCN3CCN(C)CC3)c21. The minimum Gasteiger partial charge on any atom is -0.379 e. The van der Waals surface area contributed by atoms with Crippen molar-refractivity contribution in [1.82, 2.24) is 35.1 Å². The van der Waals surface area contributed by atoms with Crippen molar-refractivity contribution in [2.45, 2.75) is 19.5 Å². The van der Waals surface area contributed by atoms with Crippen molar-refractivity contribution in [3.05, 3.63) is 47.8 Å². The number of pyridine rings is 1. The first-order valence-corrected chi connectivity index (χ1v) is 13.7. The third-order valence-corrected chi connectivity index (χ3v) is 7.41. The van der Waals surface area contributed by atoms with Crippen LogP contribution in [0.15, 0.2) is 46.2 Å². The summed E-state index contributed by atoms with van der Waals surface area (Å²) in [5.74, 6) is -3.73. The highest BCUT2D eigenvalue weighted by Gasteiger charge is 2.58. The van der Waals surface area contributed by atoms with E-state index in [9.17, 15) is 22.8 Å². The van der Waals surface area contributed by atoms with Crippen molar-refractivity contribution in [2.24, 2.45) is 4.99 Å². The van der Waals surface area contributed by atoms with Crippen molar-refractivity contribution >= 4 is 34.9 Å². The Bertz CT molecular complexity index is 1520. The number of rotatable bonds is 9. The van der Waals surface area contributed by atoms with Gasteiger partial charge in [0.15, 0.2) is 5.69 Å². The van der Waals surface area contributed by atoms with Crippen LogP contribution in [0.2, 0.25) is 0 Å². The predicted octanol–water partition coefficient (Wildman–Crippen LogP) is 2.52. The van der Waals surface area contributed by atoms with Gasteiger partial charge in [0.05, 0.1) is 0 Å². The molecule has 0 spiro atoms. The summed E-state index contributed by atoms with van der Waals surface area (Å²) in [6.45, 7) is 5.97. The van der Waals surface area contributed by atoms with Gasteiger partial charge in [-0.3, -0.25) is 14.6 Å². The molecule has 0 saturated carbocycles. The zero-order chi connectivity index (χ0) is 30.8. The minimum absolute atomic E-state index is 0.0190. The van der Waals surface area contributed by atoms with Crippen molar-refractivity contribution in [2.75, 3.05) is 58.6 Å². The van der Waals surface area contributed by atoms with Crippen LogP contribution in [0.3, 0.4) is 0 Å². The Kier molecular flexibility index (Phi) is 8.43. The Morgan fingerprint density at radius 1 is 1.12 bits per heavy atom. The highest BCUT2D eigenvalue weighted by molar-refractivity contribution is 6.18. The maximum Gasteiger partial charge on any atom is 0.497 e. The van der Waals surface area contributed by atoms with Crippen LogP contribution < -0.4 is 15.7 Å². The summed E-state index contributed by atoms with van der Waals surface area (Å²) in [6, 6.07) is 8.72. The first-order chi connectivity index (χ1) is 20.5. The summed E-state index contributed by atoms with van der Waals surface area (Å²) in [6.07, 6.45) is -3.47. The number of hydrogen-bond donors (Lipinski definition) is 2. The number of benzene rings is 1. The fourth-order valence-electron chi connectivity index (χ4n) is 5.13. The average molecular weight is 603 g/mol. The smallest absolute Gasteiger partial charge is 0.379 e. The molecule has 0 bridgehead atoms. The van der Waals surface area contributed by atoms with Crippen molar-refractivity contribution in [3.63, 3.8) is 0 Å². The van der Waals surface area contributed by atoms with Crippen LogP contribution in [0.1, 0.15) is 29.4 Å². The van der Waals surface area contributed by atoms with Crippen molar-refractivity contribution in [3.8, 4) is 11.3 Å². The van der Waals surface area contributed by atoms with Gasteiger partial charge in [-0.15, -0.1) is 0 Å². The normalized spacial score (nSPS) is 19.1. The molecular formula is C27H31F3N9O4+. The molecule has 1 unspecified atom stereocenters. The van der Waals surface area contributed by atoms with E-state index in [1.165, 1.54) is 13.1 Å². The number of hydroxylamine groups is 2. The van der Waals surface area contributed by atoms with Crippen LogP contribution in [0.25, 0.3) is 11.3 Å². The fourth-order valence-corrected chi connectivity index (χ4v) is 5.13. The van der Waals surface area contributed by atoms with Crippen molar-refractivity contribution in [1.29, 1.82) is 0 Å². The molecule has 1 saturated heterocycles. The highest BCUT2D eigenvalue weighted by atomic mass is 19.4. The quantitative estimate of drug-likeness (QED) is 0.276. The second-order valence-corrected chi connectivity index (χ2v) is 10.2. The van der Waals surface area contributed by atoms with Gasteiger partial charge >= 0.3 is 18.0 Å². The Labute approximate surface area is 244 Å². The average Bonchev–Trinajstić information content (AvgIpc) is 3.56. The second kappa shape index (κ2) is 12.1. The number of nitrogens with two attached hydrogens (primary N) is 1. The standard InChI is InChI=1S/C27H30F3N9O4/c1-3-39(42-26(41)27(28,29)30)22-18(25(40)32-10-7-11-38-14-12-37(2)13-15-38)16-33-19(17-8-5-4-6-9-17)20(22)34-24(39)21-23(31)36-43-35-21/h4-6,8-9,16H,3,7,10-15H2,1-2H3,(H2-,31,32,36,40)/p+1. The highest BCUT2D eigenvalue weighted by Crippen LogP contribution is 2.50. The van der Waals surface area contributed by atoms with Crippen LogP contribution in [-0.2, 0) is 9.63 Å². The third kappa shape index (κ3) is 5.93. The lowest BCUT2D eigenvalue weighted by Crippen LogP contribution is -2.56. The Morgan fingerprint density at radius 2 is 1.84 bits per heavy atom. The van der Waals surface area contributed by atoms with E-state index in [-0.39, 0.29) is 46.5 Å². The molecule has 1 amide bonds. The largest absolute Gasteiger partial charge is 0.497 e. The number of aromatic nitrogens is 3. The van der Waals surface area contributed by atoms with E-state index in [0.717, 1.165) is 32.7 Å². The van der Waals surface area contributed by atoms with E-state index in [1.54, 1.807) is 30.3 Å². The lowest BCUT2D eigenvalue weighted by Gasteiger charge is -2.32. The number of nitrogens with zero attached hydrogens (tertiary/aromatic N) is 7. The lowest BCUT2D eigenvalue weighted by molar-refractivity contribution is -0.222. The zero-order valence-electron chi connectivity index (χ0n) is 23.6. The van der Waals surface area contributed by atoms with Gasteiger partial charge in [0.2, 0.25) is 17.2 Å². The van der Waals surface area contributed by atoms with Gasteiger partial charge in [-0.05, 0) is 41.9 Å². The predicted molar refractivity (Wildman–Crippen MR) is 150 cm³/mol. The maximum atomic E-state index is 13.6. The molecule has 3 aromatic rings. The summed E-state index contributed by atoms with van der Waals surface area (Å²) >= 11 is 0. The van der Waals surface area contributed by atoms with Crippen molar-refractivity contribution < 1.29 is 32.2 Å². The van der Waals surface area contributed by atoms with Gasteiger partial charge in [-0.2, -0.15) is 18.2 Å². The number of alkyl halides is 3. The van der Waals surface area contributed by atoms with Crippen LogP contribution in [0.5, 0.6) is 0 Å². The van der Waals surface area contributed by atoms with E-state index in [4.69, 9.17) is 15.2 Å². The number of likely N-dealkylation sites (N-methyl/N-ethyl adjacent to an activating group) is 1. The molecule has 13 nitrogen and oxygen atoms in total. The number of nitrogens with one attached hydrogen (secondary N) is 1. The first kappa shape index (κ1) is 30.1. The number of piperazine rings is 1. The number of quaternary nitrogens is 1. The van der Waals surface area contributed by atoms with Gasteiger partial charge < -0.3 is 20.9 Å². The fraction of sp³-hybridized carbons (Fsp3) is 0.407. The number of nitrogen functional groups attached to an aromatic ring is 1. The minimum atomic E-state index is -5.36. The number of hydrogen-bond acceptors (Lipinski definition) is 11. The number of aliphatic imine (C=N–C) groups is 1. The van der Waals surface area contributed by atoms with E-state index in [0.29, 0.717) is 18.5 Å². The van der Waals surface area contributed by atoms with Gasteiger partial charge in [-0.1, -0.05) is 30.3 Å². The Hall–Kier alpha value is -4.41. The van der Waals surface area contributed by atoms with E-state index in [2.05, 4.69) is 42.5 Å². The Balaban J connectivity index is 1.56. The number of carbonyl (C=O) groups is 2. The van der Waals surface area contributed by atoms with Crippen LogP contribution >= 0.6 is 0 Å². The first-order valence-electron chi connectivity index (χ1n) is 13.7. The zero-order valence-corrected chi connectivity index (χ0v) is 23.6. The molecule has 228 valence electrons. The number of amides is 1. The summed E-state index contributed by atoms with van der Waals surface area (Å²) in [5, 5.41) is 10.1. The molecule has 5 rings (SSSR count). The third-order valence-electron chi connectivity index (χ3n) is 7.41. The van der Waals surface area contributed by atoms with E-state index < -0.39 is 22.7 Å². The molecular weight excluding hydrogens is 571 g/mol. The van der Waals surface area contributed by atoms with Crippen LogP contribution in [0.4, 0.5) is 30.4 Å². The van der Waals surface area contributed by atoms with Crippen LogP contribution in [0, 0.1) is 0 Å². The summed E-state index contributed by atoms with van der Waals surface area (Å²) in [4.78, 5) is 44.8. The van der Waals surface area contributed by atoms with Gasteiger partial charge in [0.25, 0.3) is 5.91 Å². The summed E-state index contributed by atoms with van der Waals surface area (Å²) < 4.78 is 44.3. The maximum absolute atomic E-state index is 13.6. The number of anilines is 1. The molecule has 2 aromatic heterocycles.